The summed E-state index contributed by atoms with van der Waals surface area (Å²) < 4.78 is 5.95. The number of nitrogens with zero attached hydrogens (tertiary/aromatic N) is 2. The van der Waals surface area contributed by atoms with Gasteiger partial charge in [0, 0.05) is 19.8 Å². The Morgan fingerprint density at radius 3 is 2.62 bits per heavy atom. The maximum Gasteiger partial charge on any atom is 0.143 e. The first-order valence-electron chi connectivity index (χ1n) is 7.64. The van der Waals surface area contributed by atoms with Gasteiger partial charge < -0.3 is 9.64 Å². The Morgan fingerprint density at radius 1 is 1.05 bits per heavy atom. The summed E-state index contributed by atoms with van der Waals surface area (Å²) in [5, 5.41) is 0. The lowest BCUT2D eigenvalue weighted by Crippen LogP contribution is -2.19. The molecule has 2 aromatic rings. The van der Waals surface area contributed by atoms with Gasteiger partial charge in [-0.1, -0.05) is 38.0 Å². The molecule has 0 saturated carbocycles. The van der Waals surface area contributed by atoms with Crippen LogP contribution in [0.1, 0.15) is 31.9 Å². The fraction of sp³-hybridized carbons (Fsp3) is 0.389. The third-order valence-corrected chi connectivity index (χ3v) is 3.48. The molecule has 112 valence electrons. The highest BCUT2D eigenvalue weighted by molar-refractivity contribution is 5.57. The van der Waals surface area contributed by atoms with Crippen molar-refractivity contribution in [3.05, 3.63) is 54.4 Å². The summed E-state index contributed by atoms with van der Waals surface area (Å²) in [6.45, 7) is 3.78. The summed E-state index contributed by atoms with van der Waals surface area (Å²) in [5.74, 6) is 0.919. The van der Waals surface area contributed by atoms with Crippen molar-refractivity contribution < 1.29 is 4.74 Å². The van der Waals surface area contributed by atoms with E-state index >= 15 is 0 Å². The van der Waals surface area contributed by atoms with Crippen molar-refractivity contribution in [2.75, 3.05) is 18.5 Å². The molecule has 1 aromatic heterocycles. The lowest BCUT2D eigenvalue weighted by Gasteiger charge is -2.22. The van der Waals surface area contributed by atoms with Crippen LogP contribution in [0.2, 0.25) is 0 Å². The molecule has 0 fully saturated rings. The smallest absolute Gasteiger partial charge is 0.143 e. The summed E-state index contributed by atoms with van der Waals surface area (Å²) >= 11 is 0. The third kappa shape index (κ3) is 4.78. The molecular weight excluding hydrogens is 260 g/mol. The molecular formula is C18H24N2O. The van der Waals surface area contributed by atoms with Crippen molar-refractivity contribution in [1.82, 2.24) is 4.98 Å². The van der Waals surface area contributed by atoms with Crippen LogP contribution in [0.25, 0.3) is 0 Å². The first-order chi connectivity index (χ1) is 10.3. The molecule has 21 heavy (non-hydrogen) atoms. The van der Waals surface area contributed by atoms with Crippen LogP contribution in [0.15, 0.2) is 48.7 Å². The number of hydrogen-bond acceptors (Lipinski definition) is 3. The predicted molar refractivity (Wildman–Crippen MR) is 87.8 cm³/mol. The molecule has 0 saturated heterocycles. The van der Waals surface area contributed by atoms with E-state index in [9.17, 15) is 0 Å². The molecule has 0 amide bonds. The highest BCUT2D eigenvalue weighted by atomic mass is 16.5. The van der Waals surface area contributed by atoms with E-state index in [0.29, 0.717) is 6.61 Å². The molecule has 1 heterocycles. The quantitative estimate of drug-likeness (QED) is 0.676. The molecule has 2 rings (SSSR count). The largest absolute Gasteiger partial charge is 0.485 e. The Balaban J connectivity index is 1.99. The topological polar surface area (TPSA) is 25.4 Å². The van der Waals surface area contributed by atoms with E-state index in [2.05, 4.69) is 36.0 Å². The van der Waals surface area contributed by atoms with Crippen molar-refractivity contribution in [2.45, 2.75) is 32.8 Å². The molecule has 0 spiro atoms. The van der Waals surface area contributed by atoms with Crippen LogP contribution in [0.3, 0.4) is 0 Å². The maximum absolute atomic E-state index is 5.95. The minimum atomic E-state index is 0.501. The Kier molecular flexibility index (Phi) is 6.07. The number of aromatic nitrogens is 1. The molecule has 0 aliphatic heterocycles. The monoisotopic (exact) mass is 284 g/mol. The van der Waals surface area contributed by atoms with E-state index in [1.165, 1.54) is 19.3 Å². The first-order valence-corrected chi connectivity index (χ1v) is 7.64. The van der Waals surface area contributed by atoms with E-state index in [1.807, 2.05) is 30.3 Å². The number of para-hydroxylation sites is 2. The van der Waals surface area contributed by atoms with Gasteiger partial charge in [0.05, 0.1) is 11.4 Å². The zero-order valence-electron chi connectivity index (χ0n) is 13.0. The van der Waals surface area contributed by atoms with Crippen molar-refractivity contribution in [3.63, 3.8) is 0 Å². The lowest BCUT2D eigenvalue weighted by atomic mass is 10.2. The van der Waals surface area contributed by atoms with Gasteiger partial charge in [0.2, 0.25) is 0 Å². The van der Waals surface area contributed by atoms with Gasteiger partial charge in [-0.25, -0.2) is 0 Å². The summed E-state index contributed by atoms with van der Waals surface area (Å²) in [7, 11) is 2.12. The Hall–Kier alpha value is -2.03. The van der Waals surface area contributed by atoms with Gasteiger partial charge in [0.15, 0.2) is 0 Å². The molecule has 0 aliphatic carbocycles. The van der Waals surface area contributed by atoms with Crippen LogP contribution in [0.5, 0.6) is 5.75 Å². The molecule has 3 nitrogen and oxygen atoms in total. The van der Waals surface area contributed by atoms with Gasteiger partial charge in [0.25, 0.3) is 0 Å². The molecule has 3 heteroatoms. The molecule has 1 aromatic carbocycles. The summed E-state index contributed by atoms with van der Waals surface area (Å²) in [5.41, 5.74) is 2.09. The Labute approximate surface area is 127 Å². The Morgan fingerprint density at radius 2 is 1.86 bits per heavy atom. The molecule has 0 unspecified atom stereocenters. The van der Waals surface area contributed by atoms with Crippen LogP contribution in [-0.2, 0) is 6.61 Å². The first kappa shape index (κ1) is 15.4. The molecule has 0 atom stereocenters. The second-order valence-electron chi connectivity index (χ2n) is 5.21. The van der Waals surface area contributed by atoms with E-state index in [4.69, 9.17) is 4.74 Å². The van der Waals surface area contributed by atoms with Gasteiger partial charge in [-0.05, 0) is 30.7 Å². The number of hydrogen-bond donors (Lipinski definition) is 0. The van der Waals surface area contributed by atoms with Crippen molar-refractivity contribution in [3.8, 4) is 5.75 Å². The van der Waals surface area contributed by atoms with Gasteiger partial charge in [-0.3, -0.25) is 4.98 Å². The highest BCUT2D eigenvalue weighted by Crippen LogP contribution is 2.28. The van der Waals surface area contributed by atoms with Gasteiger partial charge in [-0.2, -0.15) is 0 Å². The lowest BCUT2D eigenvalue weighted by molar-refractivity contribution is 0.302. The number of anilines is 1. The van der Waals surface area contributed by atoms with E-state index in [1.54, 1.807) is 6.20 Å². The Bertz CT molecular complexity index is 528. The number of ether oxygens (including phenoxy) is 1. The zero-order chi connectivity index (χ0) is 14.9. The van der Waals surface area contributed by atoms with Crippen LogP contribution < -0.4 is 9.64 Å². The van der Waals surface area contributed by atoms with Crippen molar-refractivity contribution >= 4 is 5.69 Å². The number of rotatable bonds is 8. The van der Waals surface area contributed by atoms with Crippen LogP contribution in [0.4, 0.5) is 5.69 Å². The van der Waals surface area contributed by atoms with Crippen LogP contribution in [0, 0.1) is 0 Å². The minimum absolute atomic E-state index is 0.501. The molecule has 0 N–H and O–H groups in total. The van der Waals surface area contributed by atoms with Gasteiger partial charge >= 0.3 is 0 Å². The summed E-state index contributed by atoms with van der Waals surface area (Å²) in [6.07, 6.45) is 5.51. The minimum Gasteiger partial charge on any atom is -0.485 e. The standard InChI is InChI=1S/C18H24N2O/c1-3-4-9-14-20(2)17-11-5-6-12-18(17)21-15-16-10-7-8-13-19-16/h5-8,10-13H,3-4,9,14-15H2,1-2H3. The number of benzene rings is 1. The van der Waals surface area contributed by atoms with Crippen molar-refractivity contribution in [2.24, 2.45) is 0 Å². The summed E-state index contributed by atoms with van der Waals surface area (Å²) in [4.78, 5) is 6.56. The van der Waals surface area contributed by atoms with Crippen molar-refractivity contribution in [1.29, 1.82) is 0 Å². The average Bonchev–Trinajstić information content (AvgIpc) is 2.54. The molecule has 0 radical (unpaired) electrons. The van der Waals surface area contributed by atoms with Gasteiger partial charge in [0.1, 0.15) is 12.4 Å². The SMILES string of the molecule is CCCCCN(C)c1ccccc1OCc1ccccn1. The molecule has 0 bridgehead atoms. The molecule has 0 aliphatic rings. The van der Waals surface area contributed by atoms with E-state index in [-0.39, 0.29) is 0 Å². The maximum atomic E-state index is 5.95. The predicted octanol–water partition coefficient (Wildman–Crippen LogP) is 4.29. The van der Waals surface area contributed by atoms with Crippen LogP contribution in [-0.4, -0.2) is 18.6 Å². The fourth-order valence-corrected chi connectivity index (χ4v) is 2.25. The fourth-order valence-electron chi connectivity index (χ4n) is 2.25. The highest BCUT2D eigenvalue weighted by Gasteiger charge is 2.08. The third-order valence-electron chi connectivity index (χ3n) is 3.48. The second kappa shape index (κ2) is 8.30. The zero-order valence-corrected chi connectivity index (χ0v) is 13.0. The number of pyridine rings is 1. The van der Waals surface area contributed by atoms with E-state index < -0.39 is 0 Å². The average molecular weight is 284 g/mol. The van der Waals surface area contributed by atoms with Crippen LogP contribution >= 0.6 is 0 Å². The number of unbranched alkanes of at least 4 members (excludes halogenated alkanes) is 2. The second-order valence-corrected chi connectivity index (χ2v) is 5.21. The van der Waals surface area contributed by atoms with Gasteiger partial charge in [-0.15, -0.1) is 0 Å². The normalized spacial score (nSPS) is 10.4. The van der Waals surface area contributed by atoms with E-state index in [0.717, 1.165) is 23.7 Å². The summed E-state index contributed by atoms with van der Waals surface area (Å²) in [6, 6.07) is 14.1.